The molecule has 1 atom stereocenters. The van der Waals surface area contributed by atoms with E-state index in [2.05, 4.69) is 0 Å². The number of hydrogen-bond donors (Lipinski definition) is 0. The average molecular weight is 188 g/mol. The molecule has 78 valence electrons. The molecule has 0 amide bonds. The minimum absolute atomic E-state index is 0.118. The molecule has 0 spiro atoms. The normalized spacial score (nSPS) is 12.8. The molecular weight excluding hydrogens is 168 g/mol. The van der Waals surface area contributed by atoms with Crippen molar-refractivity contribution < 1.29 is 14.3 Å². The third-order valence-corrected chi connectivity index (χ3v) is 1.98. The van der Waals surface area contributed by atoms with Crippen molar-refractivity contribution in [3.8, 4) is 0 Å². The number of rotatable bonds is 8. The van der Waals surface area contributed by atoms with E-state index in [0.29, 0.717) is 19.8 Å². The molecule has 3 nitrogen and oxygen atoms in total. The minimum Gasteiger partial charge on any atom is -0.379 e. The Morgan fingerprint density at radius 3 is 2.38 bits per heavy atom. The molecule has 3 heteroatoms. The third-order valence-electron chi connectivity index (χ3n) is 1.98. The summed E-state index contributed by atoms with van der Waals surface area (Å²) in [5.41, 5.74) is 0. The summed E-state index contributed by atoms with van der Waals surface area (Å²) in [4.78, 5) is 11.2. The van der Waals surface area contributed by atoms with Gasteiger partial charge in [-0.3, -0.25) is 4.79 Å². The zero-order valence-electron chi connectivity index (χ0n) is 8.84. The van der Waals surface area contributed by atoms with E-state index in [1.807, 2.05) is 20.8 Å². The van der Waals surface area contributed by atoms with Crippen LogP contribution in [0.25, 0.3) is 0 Å². The molecule has 0 aliphatic rings. The maximum absolute atomic E-state index is 11.2. The molecule has 0 N–H and O–H groups in total. The summed E-state index contributed by atoms with van der Waals surface area (Å²) >= 11 is 0. The highest BCUT2D eigenvalue weighted by atomic mass is 16.5. The van der Waals surface area contributed by atoms with Crippen molar-refractivity contribution in [3.05, 3.63) is 0 Å². The number of ether oxygens (including phenoxy) is 2. The third kappa shape index (κ3) is 6.72. The summed E-state index contributed by atoms with van der Waals surface area (Å²) in [7, 11) is 0. The van der Waals surface area contributed by atoms with E-state index in [1.54, 1.807) is 0 Å². The smallest absolute Gasteiger partial charge is 0.161 e. The van der Waals surface area contributed by atoms with Gasteiger partial charge in [0.15, 0.2) is 5.78 Å². The Morgan fingerprint density at radius 2 is 1.85 bits per heavy atom. The van der Waals surface area contributed by atoms with Crippen LogP contribution in [-0.2, 0) is 14.3 Å². The monoisotopic (exact) mass is 188 g/mol. The molecule has 13 heavy (non-hydrogen) atoms. The van der Waals surface area contributed by atoms with E-state index in [0.717, 1.165) is 6.42 Å². The first-order chi connectivity index (χ1) is 6.22. The van der Waals surface area contributed by atoms with Gasteiger partial charge in [0.2, 0.25) is 0 Å². The Labute approximate surface area is 80.4 Å². The summed E-state index contributed by atoms with van der Waals surface area (Å²) in [6, 6.07) is 0. The summed E-state index contributed by atoms with van der Waals surface area (Å²) in [5.74, 6) is 0.297. The Bertz CT molecular complexity index is 134. The zero-order chi connectivity index (χ0) is 10.1. The van der Waals surface area contributed by atoms with Gasteiger partial charge < -0.3 is 9.47 Å². The summed E-state index contributed by atoms with van der Waals surface area (Å²) in [6.45, 7) is 7.87. The lowest BCUT2D eigenvalue weighted by molar-refractivity contribution is -0.127. The predicted molar refractivity (Wildman–Crippen MR) is 51.8 cm³/mol. The number of carbonyl (C=O) groups is 1. The summed E-state index contributed by atoms with van der Waals surface area (Å²) < 4.78 is 10.2. The molecule has 0 heterocycles. The molecule has 0 rings (SSSR count). The molecule has 0 aliphatic heterocycles. The molecule has 0 aromatic carbocycles. The van der Waals surface area contributed by atoms with Crippen LogP contribution < -0.4 is 0 Å². The van der Waals surface area contributed by atoms with E-state index in [-0.39, 0.29) is 18.3 Å². The van der Waals surface area contributed by atoms with Crippen LogP contribution in [0.2, 0.25) is 0 Å². The Hall–Kier alpha value is -0.410. The highest BCUT2D eigenvalue weighted by Gasteiger charge is 2.09. The van der Waals surface area contributed by atoms with Crippen LogP contribution in [-0.4, -0.2) is 32.2 Å². The summed E-state index contributed by atoms with van der Waals surface area (Å²) in [6.07, 6.45) is 0.883. The first kappa shape index (κ1) is 12.6. The van der Waals surface area contributed by atoms with Crippen LogP contribution in [0.15, 0.2) is 0 Å². The van der Waals surface area contributed by atoms with Crippen molar-refractivity contribution >= 4 is 5.78 Å². The van der Waals surface area contributed by atoms with Crippen LogP contribution in [0, 0.1) is 5.92 Å². The molecule has 0 fully saturated rings. The van der Waals surface area contributed by atoms with E-state index in [9.17, 15) is 4.79 Å². The van der Waals surface area contributed by atoms with Crippen LogP contribution >= 0.6 is 0 Å². The highest BCUT2D eigenvalue weighted by Crippen LogP contribution is 2.01. The van der Waals surface area contributed by atoms with E-state index < -0.39 is 0 Å². The molecular formula is C10H20O3. The van der Waals surface area contributed by atoms with Gasteiger partial charge in [0, 0.05) is 12.5 Å². The maximum Gasteiger partial charge on any atom is 0.161 e. The molecule has 0 radical (unpaired) electrons. The van der Waals surface area contributed by atoms with Gasteiger partial charge in [0.1, 0.15) is 6.61 Å². The van der Waals surface area contributed by atoms with Crippen molar-refractivity contribution in [3.63, 3.8) is 0 Å². The molecule has 0 aliphatic carbocycles. The standard InChI is InChI=1S/C10H20O3/c1-4-9(3)10(11)8-13-7-6-12-5-2/h9H,4-8H2,1-3H3. The van der Waals surface area contributed by atoms with Gasteiger partial charge in [-0.05, 0) is 13.3 Å². The predicted octanol–water partition coefficient (Wildman–Crippen LogP) is 1.65. The van der Waals surface area contributed by atoms with Crippen molar-refractivity contribution in [1.82, 2.24) is 0 Å². The first-order valence-corrected chi connectivity index (χ1v) is 4.90. The topological polar surface area (TPSA) is 35.5 Å². The molecule has 0 aromatic rings. The van der Waals surface area contributed by atoms with Crippen molar-refractivity contribution in [2.75, 3.05) is 26.4 Å². The quantitative estimate of drug-likeness (QED) is 0.543. The zero-order valence-corrected chi connectivity index (χ0v) is 8.84. The van der Waals surface area contributed by atoms with E-state index >= 15 is 0 Å². The average Bonchev–Trinajstić information content (AvgIpc) is 2.16. The van der Waals surface area contributed by atoms with E-state index in [4.69, 9.17) is 9.47 Å². The van der Waals surface area contributed by atoms with Gasteiger partial charge in [-0.25, -0.2) is 0 Å². The lowest BCUT2D eigenvalue weighted by atomic mass is 10.1. The fourth-order valence-electron chi connectivity index (χ4n) is 0.805. The Morgan fingerprint density at radius 1 is 1.23 bits per heavy atom. The number of carbonyl (C=O) groups excluding carboxylic acids is 1. The summed E-state index contributed by atoms with van der Waals surface area (Å²) in [5, 5.41) is 0. The fourth-order valence-corrected chi connectivity index (χ4v) is 0.805. The van der Waals surface area contributed by atoms with Crippen molar-refractivity contribution in [2.24, 2.45) is 5.92 Å². The second kappa shape index (κ2) is 8.20. The second-order valence-corrected chi connectivity index (χ2v) is 3.03. The van der Waals surface area contributed by atoms with Gasteiger partial charge in [-0.2, -0.15) is 0 Å². The van der Waals surface area contributed by atoms with Gasteiger partial charge in [0.05, 0.1) is 13.2 Å². The van der Waals surface area contributed by atoms with Crippen LogP contribution in [0.4, 0.5) is 0 Å². The van der Waals surface area contributed by atoms with Gasteiger partial charge in [-0.15, -0.1) is 0 Å². The number of hydrogen-bond acceptors (Lipinski definition) is 3. The first-order valence-electron chi connectivity index (χ1n) is 4.90. The largest absolute Gasteiger partial charge is 0.379 e. The van der Waals surface area contributed by atoms with Crippen LogP contribution in [0.1, 0.15) is 27.2 Å². The maximum atomic E-state index is 11.2. The molecule has 0 bridgehead atoms. The van der Waals surface area contributed by atoms with Crippen LogP contribution in [0.3, 0.4) is 0 Å². The fraction of sp³-hybridized carbons (Fsp3) is 0.900. The Balaban J connectivity index is 3.27. The van der Waals surface area contributed by atoms with Crippen molar-refractivity contribution in [2.45, 2.75) is 27.2 Å². The number of Topliss-reactive ketones (excluding diaryl/α,β-unsaturated/α-hetero) is 1. The molecule has 0 saturated heterocycles. The van der Waals surface area contributed by atoms with Gasteiger partial charge in [0.25, 0.3) is 0 Å². The lowest BCUT2D eigenvalue weighted by Crippen LogP contribution is -2.18. The highest BCUT2D eigenvalue weighted by molar-refractivity contribution is 5.81. The second-order valence-electron chi connectivity index (χ2n) is 3.03. The minimum atomic E-state index is 0.118. The van der Waals surface area contributed by atoms with Crippen molar-refractivity contribution in [1.29, 1.82) is 0 Å². The lowest BCUT2D eigenvalue weighted by Gasteiger charge is -2.07. The number of ketones is 1. The SMILES string of the molecule is CCOCCOCC(=O)C(C)CC. The van der Waals surface area contributed by atoms with Gasteiger partial charge >= 0.3 is 0 Å². The van der Waals surface area contributed by atoms with E-state index in [1.165, 1.54) is 0 Å². The van der Waals surface area contributed by atoms with Gasteiger partial charge in [-0.1, -0.05) is 13.8 Å². The van der Waals surface area contributed by atoms with Crippen LogP contribution in [0.5, 0.6) is 0 Å². The Kier molecular flexibility index (Phi) is 7.94. The molecule has 0 aromatic heterocycles. The molecule has 1 unspecified atom stereocenters. The molecule has 0 saturated carbocycles.